The van der Waals surface area contributed by atoms with Crippen molar-refractivity contribution in [2.45, 2.75) is 19.8 Å². The van der Waals surface area contributed by atoms with Crippen LogP contribution in [0, 0.1) is 17.2 Å². The number of nitrogens with zero attached hydrogens (tertiary/aromatic N) is 2. The Morgan fingerprint density at radius 1 is 1.20 bits per heavy atom. The predicted molar refractivity (Wildman–Crippen MR) is 77.9 cm³/mol. The van der Waals surface area contributed by atoms with E-state index < -0.39 is 0 Å². The van der Waals surface area contributed by atoms with E-state index in [0.29, 0.717) is 13.2 Å². The van der Waals surface area contributed by atoms with Gasteiger partial charge < -0.3 is 9.47 Å². The Kier molecular flexibility index (Phi) is 5.69. The Morgan fingerprint density at radius 3 is 2.45 bits per heavy atom. The second kappa shape index (κ2) is 7.76. The largest absolute Gasteiger partial charge is 0.490 e. The van der Waals surface area contributed by atoms with Crippen LogP contribution in [0.5, 0.6) is 11.5 Å². The Balaban J connectivity index is 1.75. The molecular weight excluding hydrogens is 252 g/mol. The minimum Gasteiger partial charge on any atom is -0.490 e. The summed E-state index contributed by atoms with van der Waals surface area (Å²) in [5.41, 5.74) is 0. The van der Waals surface area contributed by atoms with Gasteiger partial charge in [-0.3, -0.25) is 4.90 Å². The second-order valence-corrected chi connectivity index (χ2v) is 4.97. The lowest BCUT2D eigenvalue weighted by Gasteiger charge is -2.28. The van der Waals surface area contributed by atoms with Crippen molar-refractivity contribution < 1.29 is 9.47 Å². The summed E-state index contributed by atoms with van der Waals surface area (Å²) < 4.78 is 11.3. The van der Waals surface area contributed by atoms with Crippen molar-refractivity contribution in [2.75, 3.05) is 32.8 Å². The maximum atomic E-state index is 8.88. The zero-order chi connectivity index (χ0) is 14.2. The van der Waals surface area contributed by atoms with E-state index in [1.165, 1.54) is 0 Å². The van der Waals surface area contributed by atoms with Crippen molar-refractivity contribution in [3.63, 3.8) is 0 Å². The van der Waals surface area contributed by atoms with E-state index in [0.717, 1.165) is 44.0 Å². The molecular formula is C16H22N2O2. The van der Waals surface area contributed by atoms with E-state index in [2.05, 4.69) is 11.0 Å². The molecule has 0 radical (unpaired) electrons. The summed E-state index contributed by atoms with van der Waals surface area (Å²) in [4.78, 5) is 2.36. The molecule has 0 atom stereocenters. The Bertz CT molecular complexity index is 448. The first-order chi connectivity index (χ1) is 9.83. The third-order valence-electron chi connectivity index (χ3n) is 3.58. The van der Waals surface area contributed by atoms with Crippen LogP contribution in [-0.2, 0) is 0 Å². The fourth-order valence-electron chi connectivity index (χ4n) is 2.41. The van der Waals surface area contributed by atoms with Crippen molar-refractivity contribution >= 4 is 0 Å². The molecule has 4 nitrogen and oxygen atoms in total. The zero-order valence-electron chi connectivity index (χ0n) is 12.0. The quantitative estimate of drug-likeness (QED) is 0.800. The molecule has 108 valence electrons. The van der Waals surface area contributed by atoms with Crippen molar-refractivity contribution in [2.24, 2.45) is 5.92 Å². The molecule has 0 unspecified atom stereocenters. The number of ether oxygens (including phenoxy) is 2. The van der Waals surface area contributed by atoms with Gasteiger partial charge in [-0.2, -0.15) is 5.26 Å². The first kappa shape index (κ1) is 14.7. The van der Waals surface area contributed by atoms with Gasteiger partial charge in [-0.15, -0.1) is 0 Å². The molecule has 0 bridgehead atoms. The monoisotopic (exact) mass is 274 g/mol. The average Bonchev–Trinajstić information content (AvgIpc) is 2.50. The molecule has 20 heavy (non-hydrogen) atoms. The summed E-state index contributed by atoms with van der Waals surface area (Å²) in [5.74, 6) is 1.85. The van der Waals surface area contributed by atoms with Gasteiger partial charge in [-0.1, -0.05) is 12.1 Å². The van der Waals surface area contributed by atoms with Crippen molar-refractivity contribution in [3.8, 4) is 17.6 Å². The smallest absolute Gasteiger partial charge is 0.161 e. The molecule has 0 aromatic heterocycles. The van der Waals surface area contributed by atoms with E-state index in [1.54, 1.807) is 0 Å². The first-order valence-corrected chi connectivity index (χ1v) is 7.30. The number of piperidine rings is 1. The number of rotatable bonds is 6. The normalized spacial score (nSPS) is 16.6. The molecule has 4 heteroatoms. The highest BCUT2D eigenvalue weighted by molar-refractivity contribution is 5.39. The maximum absolute atomic E-state index is 8.88. The van der Waals surface area contributed by atoms with Gasteiger partial charge in [0.1, 0.15) is 6.61 Å². The lowest BCUT2D eigenvalue weighted by atomic mass is 9.99. The number of benzene rings is 1. The van der Waals surface area contributed by atoms with Crippen LogP contribution in [0.15, 0.2) is 24.3 Å². The van der Waals surface area contributed by atoms with E-state index in [1.807, 2.05) is 31.2 Å². The third kappa shape index (κ3) is 4.14. The van der Waals surface area contributed by atoms with Crippen LogP contribution >= 0.6 is 0 Å². The number of hydrogen-bond acceptors (Lipinski definition) is 4. The number of hydrogen-bond donors (Lipinski definition) is 0. The standard InChI is InChI=1S/C16H22N2O2/c1-2-19-15-5-3-4-6-16(15)20-12-11-18-9-7-14(13-17)8-10-18/h3-6,14H,2,7-12H2,1H3. The molecule has 0 N–H and O–H groups in total. The van der Waals surface area contributed by atoms with Crippen LogP contribution in [0.4, 0.5) is 0 Å². The van der Waals surface area contributed by atoms with Crippen LogP contribution < -0.4 is 9.47 Å². The Hall–Kier alpha value is -1.73. The fraction of sp³-hybridized carbons (Fsp3) is 0.562. The highest BCUT2D eigenvalue weighted by Crippen LogP contribution is 2.26. The molecule has 1 aromatic carbocycles. The Labute approximate surface area is 120 Å². The van der Waals surface area contributed by atoms with E-state index in [-0.39, 0.29) is 5.92 Å². The minimum atomic E-state index is 0.242. The average molecular weight is 274 g/mol. The molecule has 0 spiro atoms. The predicted octanol–water partition coefficient (Wildman–Crippen LogP) is 2.70. The SMILES string of the molecule is CCOc1ccccc1OCCN1CCC(C#N)CC1. The summed E-state index contributed by atoms with van der Waals surface area (Å²) in [6.45, 7) is 6.15. The molecule has 1 heterocycles. The van der Waals surface area contributed by atoms with Gasteiger partial charge in [0, 0.05) is 12.5 Å². The van der Waals surface area contributed by atoms with Gasteiger partial charge in [0.15, 0.2) is 11.5 Å². The number of para-hydroxylation sites is 2. The third-order valence-corrected chi connectivity index (χ3v) is 3.58. The maximum Gasteiger partial charge on any atom is 0.161 e. The molecule has 1 saturated heterocycles. The van der Waals surface area contributed by atoms with Crippen LogP contribution in [-0.4, -0.2) is 37.7 Å². The fourth-order valence-corrected chi connectivity index (χ4v) is 2.41. The minimum absolute atomic E-state index is 0.242. The summed E-state index contributed by atoms with van der Waals surface area (Å²) in [6, 6.07) is 10.1. The number of likely N-dealkylation sites (tertiary alicyclic amines) is 1. The van der Waals surface area contributed by atoms with Crippen LogP contribution in [0.25, 0.3) is 0 Å². The molecule has 1 aliphatic rings. The first-order valence-electron chi connectivity index (χ1n) is 7.30. The molecule has 2 rings (SSSR count). The van der Waals surface area contributed by atoms with Gasteiger partial charge in [0.2, 0.25) is 0 Å². The van der Waals surface area contributed by atoms with Gasteiger partial charge in [-0.05, 0) is 45.0 Å². The molecule has 0 amide bonds. The summed E-state index contributed by atoms with van der Waals surface area (Å²) >= 11 is 0. The molecule has 0 aliphatic carbocycles. The van der Waals surface area contributed by atoms with Crippen molar-refractivity contribution in [1.29, 1.82) is 5.26 Å². The van der Waals surface area contributed by atoms with Gasteiger partial charge in [-0.25, -0.2) is 0 Å². The molecule has 1 fully saturated rings. The lowest BCUT2D eigenvalue weighted by molar-refractivity contribution is 0.166. The summed E-state index contributed by atoms with van der Waals surface area (Å²) in [6.07, 6.45) is 1.96. The molecule has 0 saturated carbocycles. The van der Waals surface area contributed by atoms with Crippen LogP contribution in [0.3, 0.4) is 0 Å². The van der Waals surface area contributed by atoms with Gasteiger partial charge >= 0.3 is 0 Å². The Morgan fingerprint density at radius 2 is 1.85 bits per heavy atom. The highest BCUT2D eigenvalue weighted by atomic mass is 16.5. The van der Waals surface area contributed by atoms with E-state index >= 15 is 0 Å². The topological polar surface area (TPSA) is 45.5 Å². The second-order valence-electron chi connectivity index (χ2n) is 4.97. The van der Waals surface area contributed by atoms with Crippen molar-refractivity contribution in [3.05, 3.63) is 24.3 Å². The van der Waals surface area contributed by atoms with E-state index in [9.17, 15) is 0 Å². The lowest BCUT2D eigenvalue weighted by Crippen LogP contribution is -2.36. The van der Waals surface area contributed by atoms with Gasteiger partial charge in [0.25, 0.3) is 0 Å². The van der Waals surface area contributed by atoms with Gasteiger partial charge in [0.05, 0.1) is 12.7 Å². The highest BCUT2D eigenvalue weighted by Gasteiger charge is 2.18. The van der Waals surface area contributed by atoms with Crippen molar-refractivity contribution in [1.82, 2.24) is 4.90 Å². The number of nitriles is 1. The molecule has 1 aromatic rings. The van der Waals surface area contributed by atoms with Crippen LogP contribution in [0.2, 0.25) is 0 Å². The summed E-state index contributed by atoms with van der Waals surface area (Å²) in [7, 11) is 0. The zero-order valence-corrected chi connectivity index (χ0v) is 12.0. The van der Waals surface area contributed by atoms with E-state index in [4.69, 9.17) is 14.7 Å². The molecule has 1 aliphatic heterocycles. The summed E-state index contributed by atoms with van der Waals surface area (Å²) in [5, 5.41) is 8.88. The van der Waals surface area contributed by atoms with Crippen LogP contribution in [0.1, 0.15) is 19.8 Å².